The standard InChI is InChI=1S/C12H25N3O/c1-3-14-10-11-6-4-5-8-15(11)9-7-12(16)13-2/h11,14H,3-10H2,1-2H3,(H,13,16). The summed E-state index contributed by atoms with van der Waals surface area (Å²) in [6.07, 6.45) is 4.49. The quantitative estimate of drug-likeness (QED) is 0.698. The summed E-state index contributed by atoms with van der Waals surface area (Å²) in [5.41, 5.74) is 0. The molecule has 1 aliphatic heterocycles. The van der Waals surface area contributed by atoms with Crippen molar-refractivity contribution in [3.63, 3.8) is 0 Å². The topological polar surface area (TPSA) is 44.4 Å². The van der Waals surface area contributed by atoms with Gasteiger partial charge in [-0.2, -0.15) is 0 Å². The molecule has 94 valence electrons. The molecule has 0 spiro atoms. The molecule has 0 aromatic heterocycles. The highest BCUT2D eigenvalue weighted by Gasteiger charge is 2.21. The molecular weight excluding hydrogens is 202 g/mol. The zero-order chi connectivity index (χ0) is 11.8. The molecule has 1 atom stereocenters. The first-order chi connectivity index (χ1) is 7.77. The van der Waals surface area contributed by atoms with E-state index in [0.717, 1.165) is 26.2 Å². The largest absolute Gasteiger partial charge is 0.359 e. The SMILES string of the molecule is CCNCC1CCCCN1CCC(=O)NC. The van der Waals surface area contributed by atoms with Gasteiger partial charge in [0.25, 0.3) is 0 Å². The van der Waals surface area contributed by atoms with E-state index < -0.39 is 0 Å². The Kier molecular flexibility index (Phi) is 6.42. The van der Waals surface area contributed by atoms with Gasteiger partial charge in [-0.1, -0.05) is 13.3 Å². The Hall–Kier alpha value is -0.610. The van der Waals surface area contributed by atoms with Gasteiger partial charge in [-0.25, -0.2) is 0 Å². The Morgan fingerprint density at radius 2 is 2.25 bits per heavy atom. The second-order valence-electron chi connectivity index (χ2n) is 4.42. The van der Waals surface area contributed by atoms with Crippen LogP contribution in [0.25, 0.3) is 0 Å². The average molecular weight is 227 g/mol. The van der Waals surface area contributed by atoms with Gasteiger partial charge in [-0.15, -0.1) is 0 Å². The summed E-state index contributed by atoms with van der Waals surface area (Å²) in [5.74, 6) is 0.146. The van der Waals surface area contributed by atoms with Crippen LogP contribution in [0.15, 0.2) is 0 Å². The van der Waals surface area contributed by atoms with Crippen LogP contribution in [-0.4, -0.2) is 50.1 Å². The molecule has 0 saturated carbocycles. The molecule has 1 heterocycles. The van der Waals surface area contributed by atoms with Crippen LogP contribution in [0.2, 0.25) is 0 Å². The summed E-state index contributed by atoms with van der Waals surface area (Å²) >= 11 is 0. The molecule has 0 radical (unpaired) electrons. The lowest BCUT2D eigenvalue weighted by Crippen LogP contribution is -2.46. The molecule has 4 nitrogen and oxygen atoms in total. The maximum Gasteiger partial charge on any atom is 0.221 e. The van der Waals surface area contributed by atoms with Gasteiger partial charge < -0.3 is 10.6 Å². The van der Waals surface area contributed by atoms with Gasteiger partial charge in [-0.3, -0.25) is 9.69 Å². The summed E-state index contributed by atoms with van der Waals surface area (Å²) in [5, 5.41) is 6.09. The monoisotopic (exact) mass is 227 g/mol. The van der Waals surface area contributed by atoms with Gasteiger partial charge in [0.2, 0.25) is 5.91 Å². The minimum atomic E-state index is 0.146. The van der Waals surface area contributed by atoms with E-state index in [1.54, 1.807) is 7.05 Å². The Morgan fingerprint density at radius 3 is 2.94 bits per heavy atom. The summed E-state index contributed by atoms with van der Waals surface area (Å²) in [4.78, 5) is 13.7. The fraction of sp³-hybridized carbons (Fsp3) is 0.917. The fourth-order valence-corrected chi connectivity index (χ4v) is 2.27. The number of likely N-dealkylation sites (N-methyl/N-ethyl adjacent to an activating group) is 1. The third-order valence-corrected chi connectivity index (χ3v) is 3.28. The van der Waals surface area contributed by atoms with Crippen molar-refractivity contribution in [3.05, 3.63) is 0 Å². The van der Waals surface area contributed by atoms with Gasteiger partial charge in [0.05, 0.1) is 0 Å². The van der Waals surface area contributed by atoms with Crippen molar-refractivity contribution in [3.8, 4) is 0 Å². The smallest absolute Gasteiger partial charge is 0.221 e. The van der Waals surface area contributed by atoms with E-state index in [-0.39, 0.29) is 5.91 Å². The first kappa shape index (κ1) is 13.5. The fourth-order valence-electron chi connectivity index (χ4n) is 2.27. The third-order valence-electron chi connectivity index (χ3n) is 3.28. The summed E-state index contributed by atoms with van der Waals surface area (Å²) in [7, 11) is 1.70. The minimum absolute atomic E-state index is 0.146. The van der Waals surface area contributed by atoms with Gasteiger partial charge in [0.1, 0.15) is 0 Å². The molecule has 1 amide bonds. The van der Waals surface area contributed by atoms with Crippen LogP contribution in [0.3, 0.4) is 0 Å². The van der Waals surface area contributed by atoms with Gasteiger partial charge >= 0.3 is 0 Å². The number of nitrogens with zero attached hydrogens (tertiary/aromatic N) is 1. The zero-order valence-electron chi connectivity index (χ0n) is 10.6. The van der Waals surface area contributed by atoms with Crippen LogP contribution >= 0.6 is 0 Å². The number of amides is 1. The first-order valence-electron chi connectivity index (χ1n) is 6.43. The average Bonchev–Trinajstić information content (AvgIpc) is 2.34. The lowest BCUT2D eigenvalue weighted by molar-refractivity contribution is -0.121. The Bertz CT molecular complexity index is 208. The van der Waals surface area contributed by atoms with Crippen LogP contribution in [0.1, 0.15) is 32.6 Å². The van der Waals surface area contributed by atoms with Crippen LogP contribution in [0, 0.1) is 0 Å². The lowest BCUT2D eigenvalue weighted by Gasteiger charge is -2.35. The minimum Gasteiger partial charge on any atom is -0.359 e. The van der Waals surface area contributed by atoms with Crippen molar-refractivity contribution in [1.82, 2.24) is 15.5 Å². The molecule has 2 N–H and O–H groups in total. The molecule has 1 aliphatic rings. The van der Waals surface area contributed by atoms with Crippen molar-refractivity contribution >= 4 is 5.91 Å². The molecule has 16 heavy (non-hydrogen) atoms. The second kappa shape index (κ2) is 7.63. The Balaban J connectivity index is 2.31. The summed E-state index contributed by atoms with van der Waals surface area (Å²) < 4.78 is 0. The second-order valence-corrected chi connectivity index (χ2v) is 4.42. The van der Waals surface area contributed by atoms with Crippen LogP contribution in [0.5, 0.6) is 0 Å². The van der Waals surface area contributed by atoms with Crippen molar-refractivity contribution in [2.24, 2.45) is 0 Å². The van der Waals surface area contributed by atoms with Gasteiger partial charge in [0, 0.05) is 32.6 Å². The van der Waals surface area contributed by atoms with E-state index >= 15 is 0 Å². The van der Waals surface area contributed by atoms with Crippen LogP contribution in [-0.2, 0) is 4.79 Å². The molecule has 0 aromatic carbocycles. The normalized spacial score (nSPS) is 22.0. The summed E-state index contributed by atoms with van der Waals surface area (Å²) in [6.45, 7) is 6.27. The maximum atomic E-state index is 11.2. The number of carbonyl (C=O) groups excluding carboxylic acids is 1. The summed E-state index contributed by atoms with van der Waals surface area (Å²) in [6, 6.07) is 0.623. The highest BCUT2D eigenvalue weighted by Crippen LogP contribution is 2.16. The maximum absolute atomic E-state index is 11.2. The van der Waals surface area contributed by atoms with E-state index in [2.05, 4.69) is 22.5 Å². The van der Waals surface area contributed by atoms with E-state index in [1.807, 2.05) is 0 Å². The predicted octanol–water partition coefficient (Wildman–Crippen LogP) is 0.587. The van der Waals surface area contributed by atoms with E-state index in [4.69, 9.17) is 0 Å². The van der Waals surface area contributed by atoms with E-state index in [1.165, 1.54) is 19.3 Å². The van der Waals surface area contributed by atoms with Crippen molar-refractivity contribution in [1.29, 1.82) is 0 Å². The highest BCUT2D eigenvalue weighted by molar-refractivity contribution is 5.75. The lowest BCUT2D eigenvalue weighted by atomic mass is 10.0. The number of nitrogens with one attached hydrogen (secondary N) is 2. The van der Waals surface area contributed by atoms with E-state index in [9.17, 15) is 4.79 Å². The third kappa shape index (κ3) is 4.49. The molecule has 1 unspecified atom stereocenters. The number of hydrogen-bond acceptors (Lipinski definition) is 3. The van der Waals surface area contributed by atoms with E-state index in [0.29, 0.717) is 12.5 Å². The number of hydrogen-bond donors (Lipinski definition) is 2. The predicted molar refractivity (Wildman–Crippen MR) is 66.4 cm³/mol. The van der Waals surface area contributed by atoms with Gasteiger partial charge in [0.15, 0.2) is 0 Å². The molecule has 1 rings (SSSR count). The molecule has 0 aliphatic carbocycles. The van der Waals surface area contributed by atoms with Crippen LogP contribution in [0.4, 0.5) is 0 Å². The van der Waals surface area contributed by atoms with Crippen molar-refractivity contribution < 1.29 is 4.79 Å². The van der Waals surface area contributed by atoms with Crippen LogP contribution < -0.4 is 10.6 Å². The molecule has 0 bridgehead atoms. The van der Waals surface area contributed by atoms with Crippen molar-refractivity contribution in [2.45, 2.75) is 38.6 Å². The molecule has 1 fully saturated rings. The molecular formula is C12H25N3O. The number of rotatable bonds is 6. The first-order valence-corrected chi connectivity index (χ1v) is 6.43. The number of piperidine rings is 1. The Morgan fingerprint density at radius 1 is 1.44 bits per heavy atom. The zero-order valence-corrected chi connectivity index (χ0v) is 10.6. The van der Waals surface area contributed by atoms with Gasteiger partial charge in [-0.05, 0) is 25.9 Å². The molecule has 1 saturated heterocycles. The highest BCUT2D eigenvalue weighted by atomic mass is 16.1. The van der Waals surface area contributed by atoms with Crippen molar-refractivity contribution in [2.75, 3.05) is 33.2 Å². The molecule has 4 heteroatoms. The number of likely N-dealkylation sites (tertiary alicyclic amines) is 1. The Labute approximate surface area is 98.8 Å². The molecule has 0 aromatic rings. The number of carbonyl (C=O) groups is 1.